The molecule has 0 unspecified atom stereocenters. The number of unbranched alkanes of at least 4 members (excludes halogenated alkanes) is 2. The fourth-order valence-corrected chi connectivity index (χ4v) is 1.18. The van der Waals surface area contributed by atoms with E-state index < -0.39 is 0 Å². The third-order valence-electron chi connectivity index (χ3n) is 1.95. The fourth-order valence-electron chi connectivity index (χ4n) is 1.18. The molecule has 1 N–H and O–H groups in total. The lowest BCUT2D eigenvalue weighted by molar-refractivity contribution is -0.148. The van der Waals surface area contributed by atoms with Gasteiger partial charge in [-0.25, -0.2) is 4.79 Å². The number of hydrogen-bond donors (Lipinski definition) is 1. The molecule has 0 aliphatic heterocycles. The standard InChI is InChI=1S/C11H23NO3/c1-3-7-12-8-5-4-6-9-15-11(13)10-14-2/h12H,3-10H2,1-2H3. The number of carbonyl (C=O) groups is 1. The van der Waals surface area contributed by atoms with E-state index in [2.05, 4.69) is 17.0 Å². The predicted molar refractivity (Wildman–Crippen MR) is 59.8 cm³/mol. The summed E-state index contributed by atoms with van der Waals surface area (Å²) in [7, 11) is 1.49. The first-order valence-corrected chi connectivity index (χ1v) is 5.66. The molecule has 0 heterocycles. The van der Waals surface area contributed by atoms with Gasteiger partial charge in [-0.3, -0.25) is 0 Å². The lowest BCUT2D eigenvalue weighted by Crippen LogP contribution is -2.16. The van der Waals surface area contributed by atoms with Crippen molar-refractivity contribution in [3.8, 4) is 0 Å². The van der Waals surface area contributed by atoms with E-state index in [4.69, 9.17) is 4.74 Å². The van der Waals surface area contributed by atoms with E-state index in [0.29, 0.717) is 6.61 Å². The molecule has 0 fully saturated rings. The summed E-state index contributed by atoms with van der Waals surface area (Å²) < 4.78 is 9.57. The van der Waals surface area contributed by atoms with Gasteiger partial charge < -0.3 is 14.8 Å². The smallest absolute Gasteiger partial charge is 0.332 e. The van der Waals surface area contributed by atoms with Crippen LogP contribution in [0.3, 0.4) is 0 Å². The van der Waals surface area contributed by atoms with Gasteiger partial charge in [0.2, 0.25) is 0 Å². The van der Waals surface area contributed by atoms with Crippen LogP contribution in [0.25, 0.3) is 0 Å². The van der Waals surface area contributed by atoms with Crippen LogP contribution in [0, 0.1) is 0 Å². The van der Waals surface area contributed by atoms with E-state index in [-0.39, 0.29) is 12.6 Å². The van der Waals surface area contributed by atoms with Crippen LogP contribution < -0.4 is 5.32 Å². The molecule has 4 heteroatoms. The van der Waals surface area contributed by atoms with Crippen molar-refractivity contribution in [1.29, 1.82) is 0 Å². The third-order valence-corrected chi connectivity index (χ3v) is 1.95. The Morgan fingerprint density at radius 2 is 2.00 bits per heavy atom. The maximum absolute atomic E-state index is 10.9. The lowest BCUT2D eigenvalue weighted by Gasteiger charge is -2.04. The monoisotopic (exact) mass is 217 g/mol. The van der Waals surface area contributed by atoms with E-state index in [0.717, 1.165) is 32.4 Å². The predicted octanol–water partition coefficient (Wildman–Crippen LogP) is 1.35. The molecular weight excluding hydrogens is 194 g/mol. The first-order chi connectivity index (χ1) is 7.31. The number of rotatable bonds is 10. The summed E-state index contributed by atoms with van der Waals surface area (Å²) in [6.07, 6.45) is 4.34. The Hall–Kier alpha value is -0.610. The van der Waals surface area contributed by atoms with Crippen molar-refractivity contribution in [3.05, 3.63) is 0 Å². The van der Waals surface area contributed by atoms with Crippen molar-refractivity contribution in [1.82, 2.24) is 5.32 Å². The molecule has 0 aromatic carbocycles. The minimum atomic E-state index is -0.276. The number of carbonyl (C=O) groups excluding carboxylic acids is 1. The summed E-state index contributed by atoms with van der Waals surface area (Å²) in [6, 6.07) is 0. The van der Waals surface area contributed by atoms with Gasteiger partial charge in [0.25, 0.3) is 0 Å². The van der Waals surface area contributed by atoms with Crippen LogP contribution in [0.5, 0.6) is 0 Å². The Labute approximate surface area is 92.3 Å². The van der Waals surface area contributed by atoms with Crippen LogP contribution in [0.4, 0.5) is 0 Å². The summed E-state index contributed by atoms with van der Waals surface area (Å²) in [6.45, 7) is 4.86. The molecule has 4 nitrogen and oxygen atoms in total. The molecular formula is C11H23NO3. The van der Waals surface area contributed by atoms with Gasteiger partial charge in [0, 0.05) is 7.11 Å². The summed E-state index contributed by atoms with van der Waals surface area (Å²) in [5.41, 5.74) is 0. The molecule has 0 aromatic heterocycles. The summed E-state index contributed by atoms with van der Waals surface area (Å²) in [4.78, 5) is 10.9. The van der Waals surface area contributed by atoms with E-state index in [9.17, 15) is 4.79 Å². The molecule has 0 spiro atoms. The van der Waals surface area contributed by atoms with Gasteiger partial charge in [0.15, 0.2) is 0 Å². The van der Waals surface area contributed by atoms with Crippen LogP contribution in [-0.4, -0.2) is 39.4 Å². The van der Waals surface area contributed by atoms with Crippen molar-refractivity contribution >= 4 is 5.97 Å². The number of nitrogens with one attached hydrogen (secondary N) is 1. The molecule has 0 radical (unpaired) electrons. The molecule has 0 amide bonds. The minimum Gasteiger partial charge on any atom is -0.464 e. The van der Waals surface area contributed by atoms with Gasteiger partial charge in [-0.05, 0) is 38.8 Å². The summed E-state index contributed by atoms with van der Waals surface area (Å²) in [5, 5.41) is 3.33. The summed E-state index contributed by atoms with van der Waals surface area (Å²) in [5.74, 6) is -0.276. The number of ether oxygens (including phenoxy) is 2. The molecule has 0 aliphatic carbocycles. The van der Waals surface area contributed by atoms with Crippen molar-refractivity contribution in [2.24, 2.45) is 0 Å². The zero-order valence-electron chi connectivity index (χ0n) is 9.88. The molecule has 0 aromatic rings. The van der Waals surface area contributed by atoms with Crippen LogP contribution in [0.1, 0.15) is 32.6 Å². The third kappa shape index (κ3) is 11.3. The Morgan fingerprint density at radius 3 is 2.67 bits per heavy atom. The van der Waals surface area contributed by atoms with E-state index >= 15 is 0 Å². The Bertz CT molecular complexity index is 151. The minimum absolute atomic E-state index is 0.0536. The first-order valence-electron chi connectivity index (χ1n) is 5.66. The van der Waals surface area contributed by atoms with Gasteiger partial charge in [0.05, 0.1) is 6.61 Å². The zero-order chi connectivity index (χ0) is 11.4. The molecule has 0 saturated carbocycles. The maximum Gasteiger partial charge on any atom is 0.332 e. The maximum atomic E-state index is 10.9. The highest BCUT2D eigenvalue weighted by Crippen LogP contribution is 1.95. The molecule has 90 valence electrons. The van der Waals surface area contributed by atoms with E-state index in [1.54, 1.807) is 0 Å². The van der Waals surface area contributed by atoms with Crippen LogP contribution in [0.2, 0.25) is 0 Å². The zero-order valence-corrected chi connectivity index (χ0v) is 9.88. The summed E-state index contributed by atoms with van der Waals surface area (Å²) >= 11 is 0. The van der Waals surface area contributed by atoms with Gasteiger partial charge >= 0.3 is 5.97 Å². The molecule has 0 atom stereocenters. The van der Waals surface area contributed by atoms with E-state index in [1.165, 1.54) is 13.5 Å². The number of hydrogen-bond acceptors (Lipinski definition) is 4. The quantitative estimate of drug-likeness (QED) is 0.443. The first kappa shape index (κ1) is 14.4. The highest BCUT2D eigenvalue weighted by atomic mass is 16.6. The molecule has 15 heavy (non-hydrogen) atoms. The topological polar surface area (TPSA) is 47.6 Å². The van der Waals surface area contributed by atoms with Crippen molar-refractivity contribution in [2.45, 2.75) is 32.6 Å². The van der Waals surface area contributed by atoms with Gasteiger partial charge in [-0.2, -0.15) is 0 Å². The van der Waals surface area contributed by atoms with Gasteiger partial charge in [-0.15, -0.1) is 0 Å². The Kier molecular flexibility index (Phi) is 11.0. The molecule has 0 aliphatic rings. The van der Waals surface area contributed by atoms with Crippen LogP contribution >= 0.6 is 0 Å². The highest BCUT2D eigenvalue weighted by Gasteiger charge is 1.99. The second kappa shape index (κ2) is 11.5. The lowest BCUT2D eigenvalue weighted by atomic mass is 10.2. The Morgan fingerprint density at radius 1 is 1.20 bits per heavy atom. The molecule has 0 rings (SSSR count). The number of esters is 1. The molecule has 0 saturated heterocycles. The second-order valence-electron chi connectivity index (χ2n) is 3.46. The van der Waals surface area contributed by atoms with Crippen molar-refractivity contribution in [3.63, 3.8) is 0 Å². The SMILES string of the molecule is CCCNCCCCCOC(=O)COC. The second-order valence-corrected chi connectivity index (χ2v) is 3.46. The van der Waals surface area contributed by atoms with Crippen LogP contribution in [-0.2, 0) is 14.3 Å². The van der Waals surface area contributed by atoms with Crippen molar-refractivity contribution in [2.75, 3.05) is 33.4 Å². The largest absolute Gasteiger partial charge is 0.464 e. The fraction of sp³-hybridized carbons (Fsp3) is 0.909. The van der Waals surface area contributed by atoms with Crippen LogP contribution in [0.15, 0.2) is 0 Å². The average Bonchev–Trinajstić information content (AvgIpc) is 2.22. The van der Waals surface area contributed by atoms with Gasteiger partial charge in [-0.1, -0.05) is 6.92 Å². The van der Waals surface area contributed by atoms with E-state index in [1.807, 2.05) is 0 Å². The van der Waals surface area contributed by atoms with Crippen molar-refractivity contribution < 1.29 is 14.3 Å². The normalized spacial score (nSPS) is 10.3. The average molecular weight is 217 g/mol. The molecule has 0 bridgehead atoms. The van der Waals surface area contributed by atoms with Gasteiger partial charge in [0.1, 0.15) is 6.61 Å². The highest BCUT2D eigenvalue weighted by molar-refractivity contribution is 5.70. The number of methoxy groups -OCH3 is 1. The Balaban J connectivity index is 3.01.